The monoisotopic (exact) mass is 358 g/mol. The maximum Gasteiger partial charge on any atom is 0.339 e. The molecule has 9 heteroatoms. The van der Waals surface area contributed by atoms with Crippen LogP contribution in [0, 0.1) is 17.0 Å². The second kappa shape index (κ2) is 8.47. The van der Waals surface area contributed by atoms with Crippen molar-refractivity contribution < 1.29 is 19.6 Å². The summed E-state index contributed by atoms with van der Waals surface area (Å²) in [6, 6.07) is 9.19. The lowest BCUT2D eigenvalue weighted by molar-refractivity contribution is -0.386. The summed E-state index contributed by atoms with van der Waals surface area (Å²) in [5.74, 6) is -0.591. The molecule has 0 aliphatic heterocycles. The van der Waals surface area contributed by atoms with Crippen molar-refractivity contribution in [3.05, 3.63) is 57.6 Å². The third-order valence-corrected chi connectivity index (χ3v) is 3.35. The van der Waals surface area contributed by atoms with Gasteiger partial charge >= 0.3 is 11.7 Å². The molecule has 0 saturated carbocycles. The molecule has 0 radical (unpaired) electrons. The van der Waals surface area contributed by atoms with Gasteiger partial charge in [-0.2, -0.15) is 5.10 Å². The fourth-order valence-corrected chi connectivity index (χ4v) is 2.12. The summed E-state index contributed by atoms with van der Waals surface area (Å²) < 4.78 is 5.17. The first kappa shape index (κ1) is 18.7. The highest BCUT2D eigenvalue weighted by molar-refractivity contribution is 5.91. The first-order valence-electron chi connectivity index (χ1n) is 7.72. The van der Waals surface area contributed by atoms with Crippen LogP contribution < -0.4 is 15.5 Å². The number of carbonyl (C=O) groups excluding carboxylic acids is 1. The van der Waals surface area contributed by atoms with Crippen LogP contribution in [-0.2, 0) is 0 Å². The van der Waals surface area contributed by atoms with Crippen LogP contribution in [0.5, 0.6) is 11.5 Å². The molecule has 136 valence electrons. The van der Waals surface area contributed by atoms with Gasteiger partial charge < -0.3 is 15.2 Å². The summed E-state index contributed by atoms with van der Waals surface area (Å²) in [6.45, 7) is 3.76. The van der Waals surface area contributed by atoms with Gasteiger partial charge in [-0.25, -0.2) is 10.2 Å². The molecule has 3 N–H and O–H groups in total. The number of aromatic hydroxyl groups is 1. The van der Waals surface area contributed by atoms with E-state index in [0.29, 0.717) is 5.69 Å². The highest BCUT2D eigenvalue weighted by Gasteiger charge is 2.19. The average molecular weight is 358 g/mol. The van der Waals surface area contributed by atoms with E-state index < -0.39 is 22.4 Å². The zero-order valence-electron chi connectivity index (χ0n) is 14.2. The van der Waals surface area contributed by atoms with Crippen LogP contribution in [0.1, 0.15) is 18.1 Å². The molecule has 0 aliphatic rings. The molecule has 0 unspecified atom stereocenters. The molecule has 0 fully saturated rings. The van der Waals surface area contributed by atoms with Gasteiger partial charge in [0.2, 0.25) is 5.75 Å². The number of nitrogens with zero attached hydrogens (tertiary/aromatic N) is 2. The van der Waals surface area contributed by atoms with Crippen molar-refractivity contribution in [2.75, 3.05) is 11.9 Å². The van der Waals surface area contributed by atoms with E-state index in [4.69, 9.17) is 4.74 Å². The molecule has 26 heavy (non-hydrogen) atoms. The minimum atomic E-state index is -0.729. The van der Waals surface area contributed by atoms with Crippen LogP contribution in [-0.4, -0.2) is 28.9 Å². The van der Waals surface area contributed by atoms with Gasteiger partial charge in [0.15, 0.2) is 5.75 Å². The minimum absolute atomic E-state index is 0.0347. The van der Waals surface area contributed by atoms with Crippen molar-refractivity contribution in [1.29, 1.82) is 0 Å². The Kier molecular flexibility index (Phi) is 6.10. The number of nitro groups is 1. The Balaban J connectivity index is 2.11. The molecule has 0 bridgehead atoms. The molecule has 0 heterocycles. The smallest absolute Gasteiger partial charge is 0.339 e. The topological polar surface area (TPSA) is 126 Å². The number of phenolic OH excluding ortho intramolecular Hbond substituents is 1. The van der Waals surface area contributed by atoms with E-state index in [1.165, 1.54) is 12.3 Å². The van der Waals surface area contributed by atoms with Gasteiger partial charge in [0.25, 0.3) is 0 Å². The number of ether oxygens (including phenoxy) is 1. The summed E-state index contributed by atoms with van der Waals surface area (Å²) in [6.07, 6.45) is 1.21. The number of hydrogen-bond donors (Lipinski definition) is 3. The fraction of sp³-hybridized carbons (Fsp3) is 0.176. The number of nitro benzene ring substituents is 1. The third-order valence-electron chi connectivity index (χ3n) is 3.35. The van der Waals surface area contributed by atoms with E-state index in [0.717, 1.165) is 11.6 Å². The lowest BCUT2D eigenvalue weighted by Gasteiger charge is -2.08. The number of anilines is 1. The Morgan fingerprint density at radius 2 is 2.12 bits per heavy atom. The highest BCUT2D eigenvalue weighted by atomic mass is 16.6. The summed E-state index contributed by atoms with van der Waals surface area (Å²) in [4.78, 5) is 22.1. The second-order valence-corrected chi connectivity index (χ2v) is 5.22. The van der Waals surface area contributed by atoms with E-state index in [1.807, 2.05) is 19.1 Å². The van der Waals surface area contributed by atoms with Gasteiger partial charge in [-0.05, 0) is 31.5 Å². The number of phenols is 1. The zero-order chi connectivity index (χ0) is 19.1. The molecule has 2 rings (SSSR count). The second-order valence-electron chi connectivity index (χ2n) is 5.22. The quantitative estimate of drug-likeness (QED) is 0.415. The number of carbonyl (C=O) groups is 1. The Bertz CT molecular complexity index is 851. The molecule has 9 nitrogen and oxygen atoms in total. The Labute approximate surface area is 149 Å². The van der Waals surface area contributed by atoms with E-state index in [1.54, 1.807) is 19.1 Å². The first-order chi connectivity index (χ1) is 12.4. The Morgan fingerprint density at radius 3 is 2.77 bits per heavy atom. The van der Waals surface area contributed by atoms with Crippen LogP contribution >= 0.6 is 0 Å². The van der Waals surface area contributed by atoms with E-state index in [2.05, 4.69) is 15.8 Å². The van der Waals surface area contributed by atoms with Crippen LogP contribution in [0.3, 0.4) is 0 Å². The van der Waals surface area contributed by atoms with Crippen molar-refractivity contribution >= 4 is 23.6 Å². The minimum Gasteiger partial charge on any atom is -0.500 e. The summed E-state index contributed by atoms with van der Waals surface area (Å²) in [5.41, 5.74) is 3.57. The van der Waals surface area contributed by atoms with Gasteiger partial charge in [-0.1, -0.05) is 18.2 Å². The lowest BCUT2D eigenvalue weighted by Crippen LogP contribution is -2.24. The molecule has 2 amide bonds. The van der Waals surface area contributed by atoms with Crippen LogP contribution in [0.4, 0.5) is 16.2 Å². The van der Waals surface area contributed by atoms with Gasteiger partial charge in [0.05, 0.1) is 17.7 Å². The van der Waals surface area contributed by atoms with Gasteiger partial charge in [0, 0.05) is 17.3 Å². The third kappa shape index (κ3) is 4.69. The standard InChI is InChI=1S/C17H18N4O5/c1-3-26-15-9-12(8-14(16(15)22)21(24)25)10-18-20-17(23)19-13-7-5-4-6-11(13)2/h4-10,22H,3H2,1-2H3,(H2,19,20,23)/b18-10+. The lowest BCUT2D eigenvalue weighted by atomic mass is 10.2. The number of aryl methyl sites for hydroxylation is 1. The molecular formula is C17H18N4O5. The van der Waals surface area contributed by atoms with Gasteiger partial charge in [-0.15, -0.1) is 0 Å². The SMILES string of the molecule is CCOc1cc(/C=N/NC(=O)Nc2ccccc2C)cc([N+](=O)[O-])c1O. The summed E-state index contributed by atoms with van der Waals surface area (Å²) in [5, 5.41) is 27.2. The largest absolute Gasteiger partial charge is 0.500 e. The predicted molar refractivity (Wildman–Crippen MR) is 96.9 cm³/mol. The molecular weight excluding hydrogens is 340 g/mol. The normalized spacial score (nSPS) is 10.5. The zero-order valence-corrected chi connectivity index (χ0v) is 14.2. The van der Waals surface area contributed by atoms with Gasteiger partial charge in [-0.3, -0.25) is 10.1 Å². The van der Waals surface area contributed by atoms with Crippen molar-refractivity contribution in [3.63, 3.8) is 0 Å². The van der Waals surface area contributed by atoms with E-state index in [9.17, 15) is 20.0 Å². The highest BCUT2D eigenvalue weighted by Crippen LogP contribution is 2.36. The average Bonchev–Trinajstić information content (AvgIpc) is 2.59. The number of urea groups is 1. The molecule has 0 saturated heterocycles. The summed E-state index contributed by atoms with van der Waals surface area (Å²) in [7, 11) is 0. The molecule has 0 atom stereocenters. The van der Waals surface area contributed by atoms with Crippen molar-refractivity contribution in [1.82, 2.24) is 5.43 Å². The molecule has 2 aromatic carbocycles. The maximum atomic E-state index is 11.8. The molecule has 0 aliphatic carbocycles. The number of nitrogens with one attached hydrogen (secondary N) is 2. The molecule has 2 aromatic rings. The number of hydrazone groups is 1. The number of amides is 2. The van der Waals surface area contributed by atoms with Crippen molar-refractivity contribution in [2.45, 2.75) is 13.8 Å². The van der Waals surface area contributed by atoms with Crippen LogP contribution in [0.2, 0.25) is 0 Å². The number of para-hydroxylation sites is 1. The van der Waals surface area contributed by atoms with Gasteiger partial charge in [0.1, 0.15) is 0 Å². The first-order valence-corrected chi connectivity index (χ1v) is 7.72. The van der Waals surface area contributed by atoms with E-state index in [-0.39, 0.29) is 17.9 Å². The molecule has 0 spiro atoms. The number of hydrogen-bond acceptors (Lipinski definition) is 6. The maximum absolute atomic E-state index is 11.8. The Hall–Kier alpha value is -3.62. The van der Waals surface area contributed by atoms with Crippen LogP contribution in [0.25, 0.3) is 0 Å². The van der Waals surface area contributed by atoms with Crippen molar-refractivity contribution in [3.8, 4) is 11.5 Å². The van der Waals surface area contributed by atoms with Crippen LogP contribution in [0.15, 0.2) is 41.5 Å². The van der Waals surface area contributed by atoms with Crippen molar-refractivity contribution in [2.24, 2.45) is 5.10 Å². The fourth-order valence-electron chi connectivity index (χ4n) is 2.12. The Morgan fingerprint density at radius 1 is 1.38 bits per heavy atom. The number of benzene rings is 2. The van der Waals surface area contributed by atoms with E-state index >= 15 is 0 Å². The predicted octanol–water partition coefficient (Wildman–Crippen LogP) is 3.16. The summed E-state index contributed by atoms with van der Waals surface area (Å²) >= 11 is 0. The molecule has 0 aromatic heterocycles. The number of rotatable bonds is 6.